The Hall–Kier alpha value is -2.48. The van der Waals surface area contributed by atoms with Crippen LogP contribution >= 0.6 is 0 Å². The van der Waals surface area contributed by atoms with Gasteiger partial charge in [-0.25, -0.2) is 4.39 Å². The lowest BCUT2D eigenvalue weighted by Crippen LogP contribution is -2.38. The molecule has 0 radical (unpaired) electrons. The Morgan fingerprint density at radius 2 is 2.04 bits per heavy atom. The van der Waals surface area contributed by atoms with Gasteiger partial charge < -0.3 is 15.7 Å². The summed E-state index contributed by atoms with van der Waals surface area (Å²) in [7, 11) is 0. The van der Waals surface area contributed by atoms with E-state index in [0.29, 0.717) is 32.0 Å². The van der Waals surface area contributed by atoms with Crippen molar-refractivity contribution >= 4 is 18.3 Å². The van der Waals surface area contributed by atoms with E-state index in [2.05, 4.69) is 10.6 Å². The maximum Gasteiger partial charge on any atom is 0.290 e. The molecule has 0 aliphatic carbocycles. The number of carbonyl (C=O) groups excluding carboxylic acids is 2. The van der Waals surface area contributed by atoms with Gasteiger partial charge in [-0.05, 0) is 24.1 Å². The number of hydrogen-bond acceptors (Lipinski definition) is 4. The summed E-state index contributed by atoms with van der Waals surface area (Å²) in [4.78, 5) is 33.9. The second-order valence-corrected chi connectivity index (χ2v) is 6.14. The van der Waals surface area contributed by atoms with Crippen molar-refractivity contribution in [1.29, 1.82) is 0 Å². The number of nitrogens with one attached hydrogen (secondary N) is 2. The van der Waals surface area contributed by atoms with Crippen molar-refractivity contribution < 1.29 is 23.9 Å². The minimum absolute atomic E-state index is 0.0255. The summed E-state index contributed by atoms with van der Waals surface area (Å²) >= 11 is 0. The first-order valence-corrected chi connectivity index (χ1v) is 8.12. The third-order valence-electron chi connectivity index (χ3n) is 4.41. The lowest BCUT2D eigenvalue weighted by Gasteiger charge is -2.16. The quantitative estimate of drug-likeness (QED) is 0.642. The number of benzene rings is 1. The van der Waals surface area contributed by atoms with Gasteiger partial charge in [0.2, 0.25) is 11.8 Å². The van der Waals surface area contributed by atoms with Crippen molar-refractivity contribution in [2.75, 3.05) is 32.7 Å². The fourth-order valence-electron chi connectivity index (χ4n) is 3.21. The van der Waals surface area contributed by atoms with Crippen molar-refractivity contribution in [2.24, 2.45) is 11.8 Å². The van der Waals surface area contributed by atoms with Crippen molar-refractivity contribution in [2.45, 2.75) is 6.42 Å². The molecule has 2 saturated heterocycles. The van der Waals surface area contributed by atoms with Gasteiger partial charge in [0.15, 0.2) is 0 Å². The largest absolute Gasteiger partial charge is 0.483 e. The first-order chi connectivity index (χ1) is 12.0. The minimum Gasteiger partial charge on any atom is -0.483 e. The third kappa shape index (κ3) is 5.53. The zero-order valence-electron chi connectivity index (χ0n) is 13.8. The van der Waals surface area contributed by atoms with E-state index in [-0.39, 0.29) is 30.0 Å². The number of amides is 2. The summed E-state index contributed by atoms with van der Waals surface area (Å²) < 4.78 is 12.8. The Labute approximate surface area is 145 Å². The lowest BCUT2D eigenvalue weighted by atomic mass is 10.0. The van der Waals surface area contributed by atoms with E-state index in [1.165, 1.54) is 12.1 Å². The van der Waals surface area contributed by atoms with Crippen LogP contribution in [0.2, 0.25) is 0 Å². The fraction of sp³-hybridized carbons (Fsp3) is 0.471. The molecular weight excluding hydrogens is 329 g/mol. The molecule has 3 N–H and O–H groups in total. The summed E-state index contributed by atoms with van der Waals surface area (Å²) in [5.74, 6) is 0.231. The number of nitrogens with zero attached hydrogens (tertiary/aromatic N) is 1. The molecule has 136 valence electrons. The number of hydrogen-bond donors (Lipinski definition) is 3. The lowest BCUT2D eigenvalue weighted by molar-refractivity contribution is -0.124. The van der Waals surface area contributed by atoms with E-state index in [4.69, 9.17) is 9.90 Å². The Balaban J connectivity index is 0.000000701. The molecule has 0 unspecified atom stereocenters. The van der Waals surface area contributed by atoms with Gasteiger partial charge in [0.25, 0.3) is 6.47 Å². The molecule has 0 aromatic heterocycles. The highest BCUT2D eigenvalue weighted by atomic mass is 19.1. The van der Waals surface area contributed by atoms with E-state index in [0.717, 1.165) is 18.7 Å². The molecule has 3 rings (SSSR count). The van der Waals surface area contributed by atoms with Crippen molar-refractivity contribution in [3.8, 4) is 0 Å². The summed E-state index contributed by atoms with van der Waals surface area (Å²) in [6.07, 6.45) is 0.680. The van der Waals surface area contributed by atoms with Gasteiger partial charge in [0, 0.05) is 32.1 Å². The number of fused-ring (bicyclic) bond motifs is 1. The summed E-state index contributed by atoms with van der Waals surface area (Å²) in [5.41, 5.74) is 0.995. The first-order valence-electron chi connectivity index (χ1n) is 8.12. The van der Waals surface area contributed by atoms with Gasteiger partial charge in [-0.15, -0.1) is 0 Å². The zero-order chi connectivity index (χ0) is 18.2. The van der Waals surface area contributed by atoms with E-state index in [9.17, 15) is 14.0 Å². The Bertz CT molecular complexity index is 608. The first kappa shape index (κ1) is 18.9. The second-order valence-electron chi connectivity index (χ2n) is 6.14. The fourth-order valence-corrected chi connectivity index (χ4v) is 3.21. The molecule has 7 nitrogen and oxygen atoms in total. The van der Waals surface area contributed by atoms with Crippen molar-refractivity contribution in [3.05, 3.63) is 35.6 Å². The number of likely N-dealkylation sites (tertiary alicyclic amines) is 1. The highest BCUT2D eigenvalue weighted by Crippen LogP contribution is 2.26. The molecule has 1 aromatic rings. The summed E-state index contributed by atoms with van der Waals surface area (Å²) in [6.45, 7) is 2.82. The second kappa shape index (κ2) is 9.12. The van der Waals surface area contributed by atoms with Crippen LogP contribution in [-0.2, 0) is 20.8 Å². The number of carbonyl (C=O) groups is 3. The highest BCUT2D eigenvalue weighted by Gasteiger charge is 2.42. The van der Waals surface area contributed by atoms with Crippen molar-refractivity contribution in [3.63, 3.8) is 0 Å². The average Bonchev–Trinajstić information content (AvgIpc) is 3.12. The smallest absolute Gasteiger partial charge is 0.290 e. The van der Waals surface area contributed by atoms with Gasteiger partial charge in [0.1, 0.15) is 5.82 Å². The Kier molecular flexibility index (Phi) is 6.88. The van der Waals surface area contributed by atoms with E-state index in [1.54, 1.807) is 12.1 Å². The molecule has 8 heteroatoms. The normalized spacial score (nSPS) is 21.7. The van der Waals surface area contributed by atoms with Gasteiger partial charge in [-0.1, -0.05) is 12.1 Å². The standard InChI is InChI=1S/C16H20FN3O2.CH2O2/c17-13-3-1-11(2-4-13)5-6-18-15(21)10-20-8-12-7-19-16(22)14(12)9-20;2-1-3/h1-4,12,14H,5-10H2,(H,18,21)(H,19,22);1H,(H,2,3)/t12-,14+;/m0./s1. The van der Waals surface area contributed by atoms with Crippen LogP contribution in [0, 0.1) is 17.7 Å². The maximum atomic E-state index is 12.8. The van der Waals surface area contributed by atoms with E-state index in [1.807, 2.05) is 4.90 Å². The molecule has 25 heavy (non-hydrogen) atoms. The van der Waals surface area contributed by atoms with Crippen LogP contribution in [0.5, 0.6) is 0 Å². The molecule has 0 bridgehead atoms. The third-order valence-corrected chi connectivity index (χ3v) is 4.41. The predicted octanol–water partition coefficient (Wildman–Crippen LogP) is -0.137. The highest BCUT2D eigenvalue weighted by molar-refractivity contribution is 5.82. The molecule has 0 spiro atoms. The predicted molar refractivity (Wildman–Crippen MR) is 88.2 cm³/mol. The Morgan fingerprint density at radius 3 is 2.68 bits per heavy atom. The van der Waals surface area contributed by atoms with Crippen LogP contribution in [0.25, 0.3) is 0 Å². The monoisotopic (exact) mass is 351 g/mol. The molecule has 2 aliphatic heterocycles. The molecule has 2 atom stereocenters. The molecule has 2 amide bonds. The molecular formula is C17H22FN3O4. The topological polar surface area (TPSA) is 98.7 Å². The molecule has 2 aliphatic rings. The Morgan fingerprint density at radius 1 is 1.36 bits per heavy atom. The van der Waals surface area contributed by atoms with Crippen LogP contribution in [0.3, 0.4) is 0 Å². The van der Waals surface area contributed by atoms with E-state index < -0.39 is 0 Å². The van der Waals surface area contributed by atoms with Crippen LogP contribution < -0.4 is 10.6 Å². The molecule has 0 saturated carbocycles. The number of carboxylic acid groups (broad SMARTS) is 1. The minimum atomic E-state index is -0.253. The van der Waals surface area contributed by atoms with Crippen molar-refractivity contribution in [1.82, 2.24) is 15.5 Å². The maximum absolute atomic E-state index is 12.8. The molecule has 2 heterocycles. The molecule has 1 aromatic carbocycles. The van der Waals surface area contributed by atoms with Gasteiger partial charge >= 0.3 is 0 Å². The number of halogens is 1. The molecule has 2 fully saturated rings. The summed E-state index contributed by atoms with van der Waals surface area (Å²) in [6, 6.07) is 6.29. The van der Waals surface area contributed by atoms with Gasteiger partial charge in [-0.2, -0.15) is 0 Å². The van der Waals surface area contributed by atoms with Gasteiger partial charge in [-0.3, -0.25) is 19.3 Å². The van der Waals surface area contributed by atoms with Crippen LogP contribution in [-0.4, -0.2) is 61.0 Å². The van der Waals surface area contributed by atoms with Crippen LogP contribution in [0.15, 0.2) is 24.3 Å². The van der Waals surface area contributed by atoms with E-state index >= 15 is 0 Å². The van der Waals surface area contributed by atoms with Crippen LogP contribution in [0.4, 0.5) is 4.39 Å². The summed E-state index contributed by atoms with van der Waals surface area (Å²) in [5, 5.41) is 12.6. The zero-order valence-corrected chi connectivity index (χ0v) is 13.8. The number of rotatable bonds is 5. The van der Waals surface area contributed by atoms with Gasteiger partial charge in [0.05, 0.1) is 12.5 Å². The SMILES string of the molecule is O=C(CN1C[C@@H]2CNC(=O)[C@@H]2C1)NCCc1ccc(F)cc1.O=CO. The average molecular weight is 351 g/mol. The van der Waals surface area contributed by atoms with Crippen LogP contribution in [0.1, 0.15) is 5.56 Å².